The molecule has 0 heterocycles. The maximum atomic E-state index is 13.4. The van der Waals surface area contributed by atoms with Gasteiger partial charge in [0.05, 0.1) is 13.2 Å². The Morgan fingerprint density at radius 1 is 1.00 bits per heavy atom. The molecule has 2 amide bonds. The number of hydrogen-bond acceptors (Lipinski definition) is 5. The summed E-state index contributed by atoms with van der Waals surface area (Å²) in [5, 5.41) is 11.7. The summed E-state index contributed by atoms with van der Waals surface area (Å²) >= 11 is 0. The van der Waals surface area contributed by atoms with E-state index in [1.54, 1.807) is 32.9 Å². The monoisotopic (exact) mass is 564 g/mol. The maximum absolute atomic E-state index is 13.4. The van der Waals surface area contributed by atoms with Crippen LogP contribution in [0.5, 0.6) is 5.75 Å². The van der Waals surface area contributed by atoms with E-state index in [0.29, 0.717) is 17.7 Å². The Labute approximate surface area is 215 Å². The molecule has 1 aromatic carbocycles. The van der Waals surface area contributed by atoms with Crippen LogP contribution in [0.25, 0.3) is 0 Å². The maximum Gasteiger partial charge on any atom is 0.462 e. The number of carboxylic acid groups (broad SMARTS) is 1. The first-order valence-corrected chi connectivity index (χ1v) is 11.6. The molecule has 0 bridgehead atoms. The van der Waals surface area contributed by atoms with Crippen molar-refractivity contribution in [3.63, 3.8) is 0 Å². The van der Waals surface area contributed by atoms with Crippen LogP contribution < -0.4 is 10.1 Å². The number of ether oxygens (including phenoxy) is 3. The smallest absolute Gasteiger partial charge is 0.462 e. The van der Waals surface area contributed by atoms with Crippen LogP contribution in [0.1, 0.15) is 32.8 Å². The third-order valence-corrected chi connectivity index (χ3v) is 5.25. The lowest BCUT2D eigenvalue weighted by molar-refractivity contribution is -0.423. The van der Waals surface area contributed by atoms with Gasteiger partial charge in [0.1, 0.15) is 12.4 Å². The lowest BCUT2D eigenvalue weighted by atomic mass is 10.1. The van der Waals surface area contributed by atoms with Crippen molar-refractivity contribution in [1.29, 1.82) is 0 Å². The molecule has 2 unspecified atom stereocenters. The fourth-order valence-electron chi connectivity index (χ4n) is 2.89. The highest BCUT2D eigenvalue weighted by molar-refractivity contribution is 5.74. The molecule has 0 aliphatic carbocycles. The second-order valence-electron chi connectivity index (χ2n) is 8.16. The molecule has 0 aromatic heterocycles. The summed E-state index contributed by atoms with van der Waals surface area (Å²) in [4.78, 5) is 24.5. The summed E-state index contributed by atoms with van der Waals surface area (Å²) in [5.41, 5.74) is 0.640. The van der Waals surface area contributed by atoms with Gasteiger partial charge in [0, 0.05) is 25.6 Å². The molecule has 218 valence electrons. The molecule has 38 heavy (non-hydrogen) atoms. The molecule has 2 atom stereocenters. The lowest BCUT2D eigenvalue weighted by Crippen LogP contribution is -2.54. The highest BCUT2D eigenvalue weighted by Crippen LogP contribution is 2.46. The van der Waals surface area contributed by atoms with E-state index in [1.165, 1.54) is 12.1 Å². The highest BCUT2D eigenvalue weighted by atomic mass is 19.4. The van der Waals surface area contributed by atoms with Gasteiger partial charge in [0.25, 0.3) is 0 Å². The van der Waals surface area contributed by atoms with Crippen molar-refractivity contribution in [2.24, 2.45) is 0 Å². The van der Waals surface area contributed by atoms with Crippen LogP contribution in [0.3, 0.4) is 0 Å². The molecule has 1 rings (SSSR count). The number of alkyl halides is 7. The molecule has 0 aliphatic rings. The van der Waals surface area contributed by atoms with Crippen LogP contribution in [-0.4, -0.2) is 85.3 Å². The van der Waals surface area contributed by atoms with Gasteiger partial charge in [-0.2, -0.15) is 30.7 Å². The minimum Gasteiger partial charge on any atom is -0.492 e. The molecule has 0 fully saturated rings. The second kappa shape index (κ2) is 14.4. The van der Waals surface area contributed by atoms with Crippen molar-refractivity contribution in [3.8, 4) is 5.75 Å². The summed E-state index contributed by atoms with van der Waals surface area (Å²) in [6, 6.07) is 5.09. The number of carboxylic acids is 1. The van der Waals surface area contributed by atoms with E-state index in [2.05, 4.69) is 10.1 Å². The van der Waals surface area contributed by atoms with Gasteiger partial charge in [0.2, 0.25) is 0 Å². The Hall–Kier alpha value is -2.81. The van der Waals surface area contributed by atoms with Crippen molar-refractivity contribution >= 4 is 12.0 Å². The molecule has 0 spiro atoms. The number of amides is 2. The number of halogens is 7. The first-order chi connectivity index (χ1) is 17.6. The number of nitrogens with zero attached hydrogens (tertiary/aromatic N) is 1. The highest BCUT2D eigenvalue weighted by Gasteiger charge is 2.74. The van der Waals surface area contributed by atoms with Gasteiger partial charge >= 0.3 is 30.2 Å². The number of rotatable bonds is 16. The van der Waals surface area contributed by atoms with Gasteiger partial charge in [-0.25, -0.2) is 9.59 Å². The van der Waals surface area contributed by atoms with Crippen LogP contribution in [-0.2, 0) is 20.7 Å². The molecule has 1 aromatic rings. The van der Waals surface area contributed by atoms with E-state index >= 15 is 0 Å². The van der Waals surface area contributed by atoms with E-state index in [4.69, 9.17) is 14.6 Å². The topological polar surface area (TPSA) is 97.3 Å². The molecular formula is C23H31F7N2O6. The van der Waals surface area contributed by atoms with E-state index in [1.807, 2.05) is 0 Å². The number of benzene rings is 1. The second-order valence-corrected chi connectivity index (χ2v) is 8.16. The minimum atomic E-state index is -6.54. The Bertz CT molecular complexity index is 884. The number of aliphatic carboxylic acids is 1. The molecule has 0 saturated heterocycles. The normalized spacial score (nSPS) is 14.1. The van der Waals surface area contributed by atoms with Crippen LogP contribution in [0.2, 0.25) is 0 Å². The Kier molecular flexibility index (Phi) is 12.6. The first kappa shape index (κ1) is 33.2. The standard InChI is InChI=1S/C23H31F7N2O6/c1-4-15(3)31-20(35)32(11-13-38-23(29,30)21(24,25)22(26,27)28)10-12-37-17-8-6-16(7-9-17)14-18(19(33)34)36-5-2/h6-9,15,18H,4-5,10-14H2,1-3H3,(H,31,35)(H,33,34). The Balaban J connectivity index is 2.77. The van der Waals surface area contributed by atoms with Crippen LogP contribution in [0, 0.1) is 0 Å². The zero-order chi connectivity index (χ0) is 29.1. The van der Waals surface area contributed by atoms with Gasteiger partial charge in [-0.1, -0.05) is 19.1 Å². The summed E-state index contributed by atoms with van der Waals surface area (Å²) in [6.45, 7) is 2.77. The largest absolute Gasteiger partial charge is 0.492 e. The lowest BCUT2D eigenvalue weighted by Gasteiger charge is -2.29. The first-order valence-electron chi connectivity index (χ1n) is 11.6. The molecule has 0 radical (unpaired) electrons. The van der Waals surface area contributed by atoms with Crippen molar-refractivity contribution in [2.75, 3.05) is 32.9 Å². The van der Waals surface area contributed by atoms with Crippen molar-refractivity contribution < 1.29 is 59.6 Å². The molecular weight excluding hydrogens is 533 g/mol. The number of urea groups is 1. The van der Waals surface area contributed by atoms with Crippen LogP contribution >= 0.6 is 0 Å². The predicted octanol–water partition coefficient (Wildman–Crippen LogP) is 4.71. The summed E-state index contributed by atoms with van der Waals surface area (Å²) in [7, 11) is 0. The third kappa shape index (κ3) is 9.82. The number of hydrogen-bond donors (Lipinski definition) is 2. The average molecular weight is 564 g/mol. The summed E-state index contributed by atoms with van der Waals surface area (Å²) < 4.78 is 104. The fourth-order valence-corrected chi connectivity index (χ4v) is 2.89. The number of carbonyl (C=O) groups is 2. The van der Waals surface area contributed by atoms with E-state index < -0.39 is 49.5 Å². The quantitative estimate of drug-likeness (QED) is 0.282. The van der Waals surface area contributed by atoms with Gasteiger partial charge in [-0.15, -0.1) is 0 Å². The van der Waals surface area contributed by atoms with Crippen molar-refractivity contribution in [2.45, 2.75) is 64.0 Å². The van der Waals surface area contributed by atoms with Gasteiger partial charge in [-0.3, -0.25) is 0 Å². The Morgan fingerprint density at radius 2 is 1.58 bits per heavy atom. The minimum absolute atomic E-state index is 0.102. The molecule has 8 nitrogen and oxygen atoms in total. The SMILES string of the molecule is CCOC(Cc1ccc(OCCN(CCOC(F)(F)C(F)(F)C(F)(F)F)C(=O)NC(C)CC)cc1)C(=O)O. The van der Waals surface area contributed by atoms with Gasteiger partial charge in [-0.05, 0) is 38.0 Å². The predicted molar refractivity (Wildman–Crippen MR) is 120 cm³/mol. The summed E-state index contributed by atoms with van der Waals surface area (Å²) in [5.74, 6) is -7.23. The average Bonchev–Trinajstić information content (AvgIpc) is 2.82. The fraction of sp³-hybridized carbons (Fsp3) is 0.652. The third-order valence-electron chi connectivity index (χ3n) is 5.25. The van der Waals surface area contributed by atoms with E-state index in [0.717, 1.165) is 4.90 Å². The van der Waals surface area contributed by atoms with Crippen molar-refractivity contribution in [3.05, 3.63) is 29.8 Å². The number of nitrogens with one attached hydrogen (secondary N) is 1. The van der Waals surface area contributed by atoms with E-state index in [9.17, 15) is 40.3 Å². The molecule has 0 saturated carbocycles. The van der Waals surface area contributed by atoms with Crippen LogP contribution in [0.15, 0.2) is 24.3 Å². The van der Waals surface area contributed by atoms with Gasteiger partial charge in [0.15, 0.2) is 6.10 Å². The summed E-state index contributed by atoms with van der Waals surface area (Å²) in [6.07, 6.45) is -12.8. The molecule has 0 aliphatic heterocycles. The van der Waals surface area contributed by atoms with Crippen molar-refractivity contribution in [1.82, 2.24) is 10.2 Å². The van der Waals surface area contributed by atoms with E-state index in [-0.39, 0.29) is 32.2 Å². The Morgan fingerprint density at radius 3 is 2.08 bits per heavy atom. The zero-order valence-electron chi connectivity index (χ0n) is 21.0. The van der Waals surface area contributed by atoms with Gasteiger partial charge < -0.3 is 29.5 Å². The molecule has 15 heteroatoms. The zero-order valence-corrected chi connectivity index (χ0v) is 21.0. The number of carbonyl (C=O) groups excluding carboxylic acids is 1. The molecule has 2 N–H and O–H groups in total. The van der Waals surface area contributed by atoms with Crippen LogP contribution in [0.4, 0.5) is 35.5 Å².